The van der Waals surface area contributed by atoms with Crippen molar-refractivity contribution in [1.29, 1.82) is 0 Å². The van der Waals surface area contributed by atoms with Crippen molar-refractivity contribution in [1.82, 2.24) is 0 Å². The van der Waals surface area contributed by atoms with Crippen LogP contribution in [-0.4, -0.2) is 12.2 Å². The number of hydrogen-bond acceptors (Lipinski definition) is 2. The first-order chi connectivity index (χ1) is 13.5. The maximum absolute atomic E-state index is 6.80. The van der Waals surface area contributed by atoms with Crippen molar-refractivity contribution in [3.8, 4) is 0 Å². The molecule has 0 aliphatic heterocycles. The summed E-state index contributed by atoms with van der Waals surface area (Å²) in [5.41, 5.74) is 2.02. The minimum atomic E-state index is -0.00879. The molecule has 4 aliphatic carbocycles. The van der Waals surface area contributed by atoms with Gasteiger partial charge < -0.3 is 4.74 Å². The molecule has 0 unspecified atom stereocenters. The summed E-state index contributed by atoms with van der Waals surface area (Å²) in [6.45, 7) is 7.83. The molecule has 0 saturated heterocycles. The Kier molecular flexibility index (Phi) is 4.79. The molecule has 2 fully saturated rings. The largest absolute Gasteiger partial charge is 0.370 e. The van der Waals surface area contributed by atoms with Crippen LogP contribution >= 0.6 is 11.8 Å². The maximum atomic E-state index is 6.80. The lowest BCUT2D eigenvalue weighted by atomic mass is 9.46. The first-order valence-electron chi connectivity index (χ1n) is 11.3. The first-order valence-corrected chi connectivity index (χ1v) is 12.1. The summed E-state index contributed by atoms with van der Waals surface area (Å²) in [7, 11) is 0. The zero-order valence-corrected chi connectivity index (χ0v) is 18.4. The van der Waals surface area contributed by atoms with E-state index in [1.807, 2.05) is 11.8 Å². The van der Waals surface area contributed by atoms with Gasteiger partial charge in [-0.25, -0.2) is 0 Å². The fourth-order valence-electron chi connectivity index (χ4n) is 7.15. The number of benzene rings is 1. The smallest absolute Gasteiger partial charge is 0.0901 e. The van der Waals surface area contributed by atoms with Gasteiger partial charge in [0.15, 0.2) is 0 Å². The van der Waals surface area contributed by atoms with E-state index in [1.165, 1.54) is 43.4 Å². The molecular weight excluding hydrogens is 360 g/mol. The maximum Gasteiger partial charge on any atom is 0.0901 e. The molecule has 2 bridgehead atoms. The summed E-state index contributed by atoms with van der Waals surface area (Å²) in [5, 5.41) is 0. The Balaban J connectivity index is 1.53. The van der Waals surface area contributed by atoms with Crippen LogP contribution in [0, 0.1) is 29.1 Å². The van der Waals surface area contributed by atoms with E-state index in [0.29, 0.717) is 17.3 Å². The molecule has 5 rings (SSSR count). The third-order valence-corrected chi connectivity index (χ3v) is 9.17. The van der Waals surface area contributed by atoms with Gasteiger partial charge in [-0.1, -0.05) is 61.5 Å². The average molecular weight is 395 g/mol. The van der Waals surface area contributed by atoms with Crippen molar-refractivity contribution in [3.63, 3.8) is 0 Å². The Labute approximate surface area is 175 Å². The number of rotatable bonds is 5. The van der Waals surface area contributed by atoms with Gasteiger partial charge in [0.2, 0.25) is 0 Å². The van der Waals surface area contributed by atoms with E-state index >= 15 is 0 Å². The molecule has 1 nitrogen and oxygen atoms in total. The Bertz CT molecular complexity index is 794. The molecule has 0 aromatic heterocycles. The van der Waals surface area contributed by atoms with E-state index in [4.69, 9.17) is 4.74 Å². The quantitative estimate of drug-likeness (QED) is 0.486. The van der Waals surface area contributed by atoms with Gasteiger partial charge in [0.25, 0.3) is 0 Å². The van der Waals surface area contributed by atoms with Gasteiger partial charge in [-0.15, -0.1) is 0 Å². The molecule has 1 aromatic carbocycles. The van der Waals surface area contributed by atoms with Crippen molar-refractivity contribution < 1.29 is 4.74 Å². The third kappa shape index (κ3) is 2.86. The van der Waals surface area contributed by atoms with Gasteiger partial charge in [0, 0.05) is 10.8 Å². The van der Waals surface area contributed by atoms with Gasteiger partial charge >= 0.3 is 0 Å². The molecule has 2 saturated carbocycles. The predicted molar refractivity (Wildman–Crippen MR) is 118 cm³/mol. The second-order valence-corrected chi connectivity index (χ2v) is 11.3. The summed E-state index contributed by atoms with van der Waals surface area (Å²) in [6.07, 6.45) is 13.0. The molecule has 1 aromatic rings. The Morgan fingerprint density at radius 3 is 2.75 bits per heavy atom. The van der Waals surface area contributed by atoms with Crippen molar-refractivity contribution in [2.75, 3.05) is 6.61 Å². The highest BCUT2D eigenvalue weighted by Gasteiger charge is 2.66. The average Bonchev–Trinajstić information content (AvgIpc) is 3.02. The topological polar surface area (TPSA) is 9.23 Å². The molecule has 0 heterocycles. The van der Waals surface area contributed by atoms with Gasteiger partial charge in [-0.3, -0.25) is 0 Å². The van der Waals surface area contributed by atoms with Crippen molar-refractivity contribution in [2.45, 2.75) is 69.8 Å². The Hall–Kier alpha value is -0.990. The number of allylic oxidation sites excluding steroid dienone is 3. The normalized spacial score (nSPS) is 38.8. The van der Waals surface area contributed by atoms with Crippen LogP contribution < -0.4 is 0 Å². The van der Waals surface area contributed by atoms with Crippen LogP contribution in [0.1, 0.15) is 59.3 Å². The number of ether oxygens (including phenoxy) is 1. The fourth-order valence-corrected chi connectivity index (χ4v) is 8.37. The summed E-state index contributed by atoms with van der Waals surface area (Å²) in [5.74, 6) is 2.89. The van der Waals surface area contributed by atoms with Gasteiger partial charge in [-0.2, -0.15) is 0 Å². The summed E-state index contributed by atoms with van der Waals surface area (Å²) in [4.78, 5) is 3.05. The zero-order chi connectivity index (χ0) is 19.4. The monoisotopic (exact) mass is 394 g/mol. The van der Waals surface area contributed by atoms with Crippen molar-refractivity contribution in [3.05, 3.63) is 53.0 Å². The highest BCUT2D eigenvalue weighted by atomic mass is 32.2. The molecule has 1 spiro atoms. The van der Waals surface area contributed by atoms with Crippen molar-refractivity contribution >= 4 is 11.8 Å². The van der Waals surface area contributed by atoms with Crippen molar-refractivity contribution in [2.24, 2.45) is 29.1 Å². The SMILES string of the molecule is CC1=C[C@@]2(OCC(C)C)CC[C@H]3CC[C@H]4C(Sc5ccccc5)=CC[C@@H]2[C@@]34C1. The van der Waals surface area contributed by atoms with Crippen LogP contribution in [0.4, 0.5) is 0 Å². The van der Waals surface area contributed by atoms with Gasteiger partial charge in [-0.05, 0) is 85.7 Å². The second-order valence-electron chi connectivity index (χ2n) is 10.1. The van der Waals surface area contributed by atoms with E-state index in [0.717, 1.165) is 18.4 Å². The fraction of sp³-hybridized carbons (Fsp3) is 0.615. The van der Waals surface area contributed by atoms with E-state index in [2.05, 4.69) is 63.3 Å². The van der Waals surface area contributed by atoms with Crippen LogP contribution in [0.5, 0.6) is 0 Å². The van der Waals surface area contributed by atoms with Crippen LogP contribution in [0.3, 0.4) is 0 Å². The molecule has 28 heavy (non-hydrogen) atoms. The lowest BCUT2D eigenvalue weighted by molar-refractivity contribution is -0.163. The molecule has 0 amide bonds. The minimum absolute atomic E-state index is 0.00879. The number of thioether (sulfide) groups is 1. The third-order valence-electron chi connectivity index (χ3n) is 7.97. The highest BCUT2D eigenvalue weighted by molar-refractivity contribution is 8.03. The van der Waals surface area contributed by atoms with E-state index < -0.39 is 0 Å². The first kappa shape index (κ1) is 19.0. The standard InChI is InChI=1S/C26H34OS/c1-18(2)17-27-25-14-13-20-9-10-22-23(28-21-7-5-4-6-8-21)11-12-24(25)26(20,22)16-19(3)15-25/h4-8,11,15,18,20,22,24H,9-10,12-14,16-17H2,1-3H3/t20-,22+,24+,25+,26+/m1/s1. The Morgan fingerprint density at radius 2 is 1.96 bits per heavy atom. The van der Waals surface area contributed by atoms with Crippen LogP contribution in [0.25, 0.3) is 0 Å². The van der Waals surface area contributed by atoms with E-state index in [9.17, 15) is 0 Å². The molecule has 0 radical (unpaired) electrons. The van der Waals surface area contributed by atoms with Crippen LogP contribution in [0.2, 0.25) is 0 Å². The molecule has 5 atom stereocenters. The van der Waals surface area contributed by atoms with E-state index in [1.54, 1.807) is 10.5 Å². The second kappa shape index (κ2) is 7.06. The highest BCUT2D eigenvalue weighted by Crippen LogP contribution is 2.71. The summed E-state index contributed by atoms with van der Waals surface area (Å²) < 4.78 is 6.80. The van der Waals surface area contributed by atoms with E-state index in [-0.39, 0.29) is 5.60 Å². The molecule has 0 N–H and O–H groups in total. The van der Waals surface area contributed by atoms with Gasteiger partial charge in [0.1, 0.15) is 0 Å². The Morgan fingerprint density at radius 1 is 1.14 bits per heavy atom. The van der Waals surface area contributed by atoms with Crippen LogP contribution in [0.15, 0.2) is 57.9 Å². The molecule has 2 heteroatoms. The lowest BCUT2D eigenvalue weighted by Crippen LogP contribution is -2.59. The number of hydrogen-bond donors (Lipinski definition) is 0. The molecule has 4 aliphatic rings. The zero-order valence-electron chi connectivity index (χ0n) is 17.6. The lowest BCUT2D eigenvalue weighted by Gasteiger charge is -2.62. The van der Waals surface area contributed by atoms with Crippen LogP contribution in [-0.2, 0) is 4.74 Å². The molecule has 150 valence electrons. The predicted octanol–water partition coefficient (Wildman–Crippen LogP) is 7.25. The summed E-state index contributed by atoms with van der Waals surface area (Å²) in [6, 6.07) is 11.0. The van der Waals surface area contributed by atoms with Gasteiger partial charge in [0.05, 0.1) is 12.2 Å². The summed E-state index contributed by atoms with van der Waals surface area (Å²) >= 11 is 2.04. The minimum Gasteiger partial charge on any atom is -0.370 e. The molecular formula is C26H34OS.